The first-order valence-electron chi connectivity index (χ1n) is 9.24. The Labute approximate surface area is 150 Å². The molecule has 1 aliphatic rings. The largest absolute Gasteiger partial charge is 0.390 e. The van der Waals surface area contributed by atoms with Gasteiger partial charge in [-0.2, -0.15) is 0 Å². The summed E-state index contributed by atoms with van der Waals surface area (Å²) >= 11 is 0. The molecule has 2 atom stereocenters. The molecule has 0 saturated heterocycles. The van der Waals surface area contributed by atoms with E-state index in [9.17, 15) is 5.11 Å². The number of aromatic nitrogens is 1. The molecule has 2 aromatic rings. The van der Waals surface area contributed by atoms with Gasteiger partial charge in [0.1, 0.15) is 0 Å². The summed E-state index contributed by atoms with van der Waals surface area (Å²) in [6, 6.07) is 12.9. The molecule has 0 saturated carbocycles. The number of aliphatic hydroxyl groups is 1. The predicted molar refractivity (Wildman–Crippen MR) is 101 cm³/mol. The molecule has 4 heteroatoms. The summed E-state index contributed by atoms with van der Waals surface area (Å²) in [7, 11) is 0. The summed E-state index contributed by atoms with van der Waals surface area (Å²) in [4.78, 5) is 6.57. The molecule has 2 unspecified atom stereocenters. The Morgan fingerprint density at radius 2 is 1.96 bits per heavy atom. The number of nitrogens with zero attached hydrogens (tertiary/aromatic N) is 2. The molecule has 1 aromatic heterocycles. The van der Waals surface area contributed by atoms with E-state index in [-0.39, 0.29) is 12.1 Å². The van der Waals surface area contributed by atoms with E-state index in [1.807, 2.05) is 12.3 Å². The van der Waals surface area contributed by atoms with Crippen molar-refractivity contribution in [3.63, 3.8) is 0 Å². The number of hydrogen-bond acceptors (Lipinski definition) is 4. The molecule has 134 valence electrons. The highest BCUT2D eigenvalue weighted by Crippen LogP contribution is 2.21. The van der Waals surface area contributed by atoms with Crippen molar-refractivity contribution in [1.82, 2.24) is 15.2 Å². The molecular weight excluding hydrogens is 310 g/mol. The van der Waals surface area contributed by atoms with Gasteiger partial charge in [0.15, 0.2) is 0 Å². The average Bonchev–Trinajstić information content (AvgIpc) is 2.62. The van der Waals surface area contributed by atoms with Crippen molar-refractivity contribution in [3.8, 4) is 0 Å². The van der Waals surface area contributed by atoms with Crippen LogP contribution in [-0.4, -0.2) is 40.7 Å². The molecule has 2 heterocycles. The van der Waals surface area contributed by atoms with Gasteiger partial charge in [0.05, 0.1) is 6.10 Å². The van der Waals surface area contributed by atoms with Crippen molar-refractivity contribution in [3.05, 3.63) is 65.5 Å². The van der Waals surface area contributed by atoms with Crippen LogP contribution >= 0.6 is 0 Å². The van der Waals surface area contributed by atoms with Crippen molar-refractivity contribution in [2.45, 2.75) is 39.0 Å². The van der Waals surface area contributed by atoms with Gasteiger partial charge in [-0.1, -0.05) is 44.2 Å². The van der Waals surface area contributed by atoms with Crippen LogP contribution in [0, 0.1) is 5.92 Å². The lowest BCUT2D eigenvalue weighted by atomic mass is 9.97. The average molecular weight is 339 g/mol. The highest BCUT2D eigenvalue weighted by atomic mass is 16.3. The summed E-state index contributed by atoms with van der Waals surface area (Å²) < 4.78 is 0. The van der Waals surface area contributed by atoms with Crippen LogP contribution in [0.5, 0.6) is 0 Å². The first kappa shape index (κ1) is 18.1. The highest BCUT2D eigenvalue weighted by molar-refractivity contribution is 5.29. The summed E-state index contributed by atoms with van der Waals surface area (Å²) in [5.74, 6) is 0.443. The van der Waals surface area contributed by atoms with Crippen LogP contribution in [0.2, 0.25) is 0 Å². The van der Waals surface area contributed by atoms with Crippen molar-refractivity contribution in [2.75, 3.05) is 19.6 Å². The summed E-state index contributed by atoms with van der Waals surface area (Å²) in [6.07, 6.45) is 4.40. The summed E-state index contributed by atoms with van der Waals surface area (Å²) in [5, 5.41) is 14.0. The van der Waals surface area contributed by atoms with Crippen LogP contribution in [0.1, 0.15) is 36.6 Å². The Hall–Kier alpha value is -1.75. The van der Waals surface area contributed by atoms with E-state index in [4.69, 9.17) is 0 Å². The normalized spacial score (nSPS) is 17.3. The second kappa shape index (κ2) is 8.56. The van der Waals surface area contributed by atoms with Crippen LogP contribution in [0.4, 0.5) is 0 Å². The molecule has 4 nitrogen and oxygen atoms in total. The minimum absolute atomic E-state index is 0.213. The van der Waals surface area contributed by atoms with E-state index < -0.39 is 0 Å². The molecule has 0 radical (unpaired) electrons. The van der Waals surface area contributed by atoms with Gasteiger partial charge in [-0.3, -0.25) is 9.88 Å². The zero-order valence-corrected chi connectivity index (χ0v) is 15.2. The van der Waals surface area contributed by atoms with Crippen molar-refractivity contribution >= 4 is 0 Å². The quantitative estimate of drug-likeness (QED) is 0.814. The van der Waals surface area contributed by atoms with E-state index in [2.05, 4.69) is 59.4 Å². The molecule has 0 amide bonds. The third-order valence-electron chi connectivity index (χ3n) is 4.96. The minimum atomic E-state index is -0.372. The molecule has 0 spiro atoms. The Morgan fingerprint density at radius 1 is 1.16 bits per heavy atom. The Balaban J connectivity index is 1.51. The van der Waals surface area contributed by atoms with Crippen LogP contribution < -0.4 is 5.32 Å². The molecule has 1 aliphatic heterocycles. The monoisotopic (exact) mass is 339 g/mol. The Kier molecular flexibility index (Phi) is 6.19. The van der Waals surface area contributed by atoms with E-state index in [0.717, 1.165) is 19.5 Å². The van der Waals surface area contributed by atoms with Gasteiger partial charge in [0.2, 0.25) is 0 Å². The van der Waals surface area contributed by atoms with Gasteiger partial charge in [0, 0.05) is 44.6 Å². The predicted octanol–water partition coefficient (Wildman–Crippen LogP) is 2.79. The van der Waals surface area contributed by atoms with Crippen LogP contribution in [-0.2, 0) is 13.0 Å². The number of hydrogen-bond donors (Lipinski definition) is 2. The lowest BCUT2D eigenvalue weighted by molar-refractivity contribution is 0.1000. The molecular formula is C21H29N3O. The summed E-state index contributed by atoms with van der Waals surface area (Å²) in [6.45, 7) is 7.64. The number of benzene rings is 1. The fraction of sp³-hybridized carbons (Fsp3) is 0.476. The Morgan fingerprint density at radius 3 is 2.68 bits per heavy atom. The lowest BCUT2D eigenvalue weighted by Gasteiger charge is -2.31. The van der Waals surface area contributed by atoms with Crippen molar-refractivity contribution in [1.29, 1.82) is 0 Å². The molecule has 3 rings (SSSR count). The minimum Gasteiger partial charge on any atom is -0.390 e. The number of nitrogens with one attached hydrogen (secondary N) is 1. The maximum absolute atomic E-state index is 10.5. The van der Waals surface area contributed by atoms with Crippen LogP contribution in [0.15, 0.2) is 48.8 Å². The van der Waals surface area contributed by atoms with Gasteiger partial charge >= 0.3 is 0 Å². The fourth-order valence-electron chi connectivity index (χ4n) is 3.63. The van der Waals surface area contributed by atoms with E-state index in [1.165, 1.54) is 16.7 Å². The van der Waals surface area contributed by atoms with Crippen molar-refractivity contribution in [2.24, 2.45) is 5.92 Å². The highest BCUT2D eigenvalue weighted by Gasteiger charge is 2.20. The number of fused-ring (bicyclic) bond motifs is 1. The second-order valence-corrected chi connectivity index (χ2v) is 7.32. The zero-order valence-electron chi connectivity index (χ0n) is 15.2. The van der Waals surface area contributed by atoms with E-state index >= 15 is 0 Å². The van der Waals surface area contributed by atoms with E-state index in [1.54, 1.807) is 6.20 Å². The smallest absolute Gasteiger partial charge is 0.0791 e. The topological polar surface area (TPSA) is 48.4 Å². The lowest BCUT2D eigenvalue weighted by Crippen LogP contribution is -2.42. The van der Waals surface area contributed by atoms with Crippen molar-refractivity contribution < 1.29 is 5.11 Å². The number of β-amino-alcohol motifs (C(OH)–C–C–N with tert-alkyl or cyclic N) is 1. The number of pyridine rings is 1. The van der Waals surface area contributed by atoms with Crippen LogP contribution in [0.3, 0.4) is 0 Å². The van der Waals surface area contributed by atoms with Gasteiger partial charge in [-0.05, 0) is 35.1 Å². The molecule has 25 heavy (non-hydrogen) atoms. The van der Waals surface area contributed by atoms with Gasteiger partial charge in [-0.15, -0.1) is 0 Å². The molecule has 1 aromatic carbocycles. The molecule has 0 bridgehead atoms. The third kappa shape index (κ3) is 4.88. The zero-order chi connectivity index (χ0) is 17.6. The standard InChI is InChI=1S/C21H29N3O/c1-16(2)21(18-8-5-10-22-12-18)23-13-20(25)15-24-11-9-17-6-3-4-7-19(17)14-24/h3-8,10,12,16,20-21,23,25H,9,11,13-15H2,1-2H3. The third-order valence-corrected chi connectivity index (χ3v) is 4.96. The van der Waals surface area contributed by atoms with E-state index in [0.29, 0.717) is 19.0 Å². The number of rotatable bonds is 7. The van der Waals surface area contributed by atoms with Gasteiger partial charge in [-0.25, -0.2) is 0 Å². The Bertz CT molecular complexity index is 659. The SMILES string of the molecule is CC(C)C(NCC(O)CN1CCc2ccccc2C1)c1cccnc1. The molecule has 0 fully saturated rings. The van der Waals surface area contributed by atoms with Crippen LogP contribution in [0.25, 0.3) is 0 Å². The second-order valence-electron chi connectivity index (χ2n) is 7.32. The summed E-state index contributed by atoms with van der Waals surface area (Å²) in [5.41, 5.74) is 4.02. The first-order valence-corrected chi connectivity index (χ1v) is 9.24. The molecule has 2 N–H and O–H groups in total. The maximum Gasteiger partial charge on any atom is 0.0791 e. The van der Waals surface area contributed by atoms with Gasteiger partial charge in [0.25, 0.3) is 0 Å². The number of aliphatic hydroxyl groups excluding tert-OH is 1. The first-order chi connectivity index (χ1) is 12.1. The fourth-order valence-corrected chi connectivity index (χ4v) is 3.63. The van der Waals surface area contributed by atoms with Gasteiger partial charge < -0.3 is 10.4 Å². The maximum atomic E-state index is 10.5. The molecule has 0 aliphatic carbocycles.